The van der Waals surface area contributed by atoms with Gasteiger partial charge in [0, 0.05) is 10.5 Å². The smallest absolute Gasteiger partial charge is 0.259 e. The van der Waals surface area contributed by atoms with E-state index in [4.69, 9.17) is 0 Å². The average Bonchev–Trinajstić information content (AvgIpc) is 2.33. The number of phenols is 1. The van der Waals surface area contributed by atoms with Gasteiger partial charge < -0.3 is 10.4 Å². The first kappa shape index (κ1) is 13.5. The second-order valence-electron chi connectivity index (χ2n) is 3.74. The van der Waals surface area contributed by atoms with Crippen LogP contribution in [0.1, 0.15) is 10.4 Å². The standard InChI is InChI=1S/C13H8BrF2NO2/c14-7-1-4-10(16)11(5-7)17-13(19)9-3-2-8(15)6-12(9)18/h1-6,18H,(H,17,19). The van der Waals surface area contributed by atoms with Crippen molar-refractivity contribution in [1.82, 2.24) is 0 Å². The number of nitrogens with one attached hydrogen (secondary N) is 1. The average molecular weight is 328 g/mol. The summed E-state index contributed by atoms with van der Waals surface area (Å²) in [4.78, 5) is 11.8. The zero-order valence-corrected chi connectivity index (χ0v) is 11.0. The molecule has 0 saturated heterocycles. The molecule has 3 nitrogen and oxygen atoms in total. The lowest BCUT2D eigenvalue weighted by Crippen LogP contribution is -2.13. The second kappa shape index (κ2) is 5.36. The normalized spacial score (nSPS) is 10.3. The van der Waals surface area contributed by atoms with Crippen molar-refractivity contribution >= 4 is 27.5 Å². The van der Waals surface area contributed by atoms with Gasteiger partial charge in [-0.05, 0) is 30.3 Å². The van der Waals surface area contributed by atoms with E-state index in [1.807, 2.05) is 0 Å². The van der Waals surface area contributed by atoms with Crippen molar-refractivity contribution in [2.45, 2.75) is 0 Å². The number of amides is 1. The Balaban J connectivity index is 2.28. The lowest BCUT2D eigenvalue weighted by Gasteiger charge is -2.08. The summed E-state index contributed by atoms with van der Waals surface area (Å²) in [5.74, 6) is -2.51. The molecule has 0 aliphatic rings. The summed E-state index contributed by atoms with van der Waals surface area (Å²) in [6.45, 7) is 0. The molecule has 0 fully saturated rings. The van der Waals surface area contributed by atoms with Crippen LogP contribution < -0.4 is 5.32 Å². The Morgan fingerprint density at radius 1 is 1.16 bits per heavy atom. The molecule has 0 aromatic heterocycles. The van der Waals surface area contributed by atoms with E-state index in [1.54, 1.807) is 0 Å². The zero-order chi connectivity index (χ0) is 14.0. The highest BCUT2D eigenvalue weighted by Crippen LogP contribution is 2.23. The van der Waals surface area contributed by atoms with Crippen LogP contribution in [0.25, 0.3) is 0 Å². The molecular formula is C13H8BrF2NO2. The lowest BCUT2D eigenvalue weighted by molar-refractivity contribution is 0.102. The van der Waals surface area contributed by atoms with Crippen molar-refractivity contribution < 1.29 is 18.7 Å². The lowest BCUT2D eigenvalue weighted by atomic mass is 10.1. The third-order valence-corrected chi connectivity index (χ3v) is 2.87. The predicted octanol–water partition coefficient (Wildman–Crippen LogP) is 3.69. The fourth-order valence-electron chi connectivity index (χ4n) is 1.48. The van der Waals surface area contributed by atoms with Gasteiger partial charge in [0.2, 0.25) is 0 Å². The predicted molar refractivity (Wildman–Crippen MR) is 70.1 cm³/mol. The summed E-state index contributed by atoms with van der Waals surface area (Å²) in [6.07, 6.45) is 0. The minimum atomic E-state index is -0.727. The Morgan fingerprint density at radius 2 is 1.89 bits per heavy atom. The Hall–Kier alpha value is -1.95. The summed E-state index contributed by atoms with van der Waals surface area (Å²) < 4.78 is 26.8. The van der Waals surface area contributed by atoms with Gasteiger partial charge in [0.25, 0.3) is 5.91 Å². The Morgan fingerprint density at radius 3 is 2.58 bits per heavy atom. The molecule has 1 amide bonds. The van der Waals surface area contributed by atoms with Crippen LogP contribution in [0, 0.1) is 11.6 Å². The number of carbonyl (C=O) groups is 1. The van der Waals surface area contributed by atoms with Crippen molar-refractivity contribution in [2.75, 3.05) is 5.32 Å². The number of benzene rings is 2. The van der Waals surface area contributed by atoms with Crippen LogP contribution in [0.3, 0.4) is 0 Å². The molecule has 0 aliphatic heterocycles. The fraction of sp³-hybridized carbons (Fsp3) is 0. The summed E-state index contributed by atoms with van der Waals surface area (Å²) in [5.41, 5.74) is -0.177. The number of rotatable bonds is 2. The van der Waals surface area contributed by atoms with E-state index in [1.165, 1.54) is 18.2 Å². The largest absolute Gasteiger partial charge is 0.507 e. The van der Waals surface area contributed by atoms with E-state index in [-0.39, 0.29) is 11.3 Å². The van der Waals surface area contributed by atoms with Crippen LogP contribution in [-0.4, -0.2) is 11.0 Å². The van der Waals surface area contributed by atoms with Gasteiger partial charge >= 0.3 is 0 Å². The van der Waals surface area contributed by atoms with Gasteiger partial charge in [-0.3, -0.25) is 4.79 Å². The summed E-state index contributed by atoms with van der Waals surface area (Å²) in [7, 11) is 0. The number of phenolic OH excluding ortho intramolecular Hbond substituents is 1. The molecule has 2 rings (SSSR count). The fourth-order valence-corrected chi connectivity index (χ4v) is 1.84. The molecule has 19 heavy (non-hydrogen) atoms. The van der Waals surface area contributed by atoms with Crippen molar-refractivity contribution in [3.8, 4) is 5.75 Å². The first-order valence-corrected chi connectivity index (χ1v) is 6.01. The maximum absolute atomic E-state index is 13.5. The van der Waals surface area contributed by atoms with Gasteiger partial charge in [0.15, 0.2) is 0 Å². The highest BCUT2D eigenvalue weighted by molar-refractivity contribution is 9.10. The molecule has 6 heteroatoms. The van der Waals surface area contributed by atoms with E-state index in [0.29, 0.717) is 4.47 Å². The molecule has 0 aliphatic carbocycles. The third-order valence-electron chi connectivity index (χ3n) is 2.38. The van der Waals surface area contributed by atoms with Crippen molar-refractivity contribution in [1.29, 1.82) is 0 Å². The van der Waals surface area contributed by atoms with Crippen LogP contribution in [0.4, 0.5) is 14.5 Å². The number of hydrogen-bond acceptors (Lipinski definition) is 2. The van der Waals surface area contributed by atoms with Gasteiger partial charge in [-0.15, -0.1) is 0 Å². The minimum absolute atomic E-state index is 0.0388. The van der Waals surface area contributed by atoms with Gasteiger partial charge in [-0.2, -0.15) is 0 Å². The Kier molecular flexibility index (Phi) is 3.80. The molecule has 0 atom stereocenters. The second-order valence-corrected chi connectivity index (χ2v) is 4.66. The van der Waals surface area contributed by atoms with E-state index < -0.39 is 23.3 Å². The molecule has 2 aromatic carbocycles. The van der Waals surface area contributed by atoms with Gasteiger partial charge in [0.05, 0.1) is 11.3 Å². The van der Waals surface area contributed by atoms with Crippen molar-refractivity contribution in [3.05, 3.63) is 58.1 Å². The van der Waals surface area contributed by atoms with E-state index in [9.17, 15) is 18.7 Å². The summed E-state index contributed by atoms with van der Waals surface area (Å²) >= 11 is 3.15. The van der Waals surface area contributed by atoms with Gasteiger partial charge in [-0.1, -0.05) is 15.9 Å². The van der Waals surface area contributed by atoms with E-state index >= 15 is 0 Å². The molecule has 0 spiro atoms. The molecule has 0 bridgehead atoms. The third kappa shape index (κ3) is 3.08. The van der Waals surface area contributed by atoms with Gasteiger partial charge in [0.1, 0.15) is 17.4 Å². The quantitative estimate of drug-likeness (QED) is 0.883. The van der Waals surface area contributed by atoms with Crippen LogP contribution >= 0.6 is 15.9 Å². The maximum Gasteiger partial charge on any atom is 0.259 e. The molecule has 2 N–H and O–H groups in total. The molecule has 98 valence electrons. The molecular weight excluding hydrogens is 320 g/mol. The zero-order valence-electron chi connectivity index (χ0n) is 9.45. The number of aromatic hydroxyl groups is 1. The van der Waals surface area contributed by atoms with Gasteiger partial charge in [-0.25, -0.2) is 8.78 Å². The molecule has 0 saturated carbocycles. The maximum atomic E-state index is 13.5. The molecule has 0 unspecified atom stereocenters. The highest BCUT2D eigenvalue weighted by atomic mass is 79.9. The minimum Gasteiger partial charge on any atom is -0.507 e. The van der Waals surface area contributed by atoms with Crippen LogP contribution in [-0.2, 0) is 0 Å². The van der Waals surface area contributed by atoms with E-state index in [0.717, 1.165) is 18.2 Å². The first-order chi connectivity index (χ1) is 8.97. The summed E-state index contributed by atoms with van der Waals surface area (Å²) in [6, 6.07) is 7.02. The van der Waals surface area contributed by atoms with Crippen molar-refractivity contribution in [3.63, 3.8) is 0 Å². The molecule has 2 aromatic rings. The first-order valence-electron chi connectivity index (χ1n) is 5.22. The van der Waals surface area contributed by atoms with Crippen LogP contribution in [0.15, 0.2) is 40.9 Å². The van der Waals surface area contributed by atoms with E-state index in [2.05, 4.69) is 21.2 Å². The monoisotopic (exact) mass is 327 g/mol. The highest BCUT2D eigenvalue weighted by Gasteiger charge is 2.14. The Bertz CT molecular complexity index is 647. The SMILES string of the molecule is O=C(Nc1cc(Br)ccc1F)c1ccc(F)cc1O. The Labute approximate surface area is 116 Å². The van der Waals surface area contributed by atoms with Crippen LogP contribution in [0.5, 0.6) is 5.75 Å². The number of carbonyl (C=O) groups excluding carboxylic acids is 1. The molecule has 0 heterocycles. The number of hydrogen-bond donors (Lipinski definition) is 2. The molecule has 0 radical (unpaired) electrons. The van der Waals surface area contributed by atoms with Crippen LogP contribution in [0.2, 0.25) is 0 Å². The topological polar surface area (TPSA) is 49.3 Å². The van der Waals surface area contributed by atoms with Crippen molar-refractivity contribution in [2.24, 2.45) is 0 Å². The number of anilines is 1. The number of halogens is 3. The summed E-state index contributed by atoms with van der Waals surface area (Å²) in [5, 5.41) is 11.8.